The molecule has 0 saturated carbocycles. The lowest BCUT2D eigenvalue weighted by Crippen LogP contribution is -2.17. The van der Waals surface area contributed by atoms with Crippen molar-refractivity contribution in [2.75, 3.05) is 13.2 Å². The molecule has 0 atom stereocenters. The van der Waals surface area contributed by atoms with Crippen LogP contribution in [-0.4, -0.2) is 13.2 Å². The summed E-state index contributed by atoms with van der Waals surface area (Å²) in [5.74, 6) is 1.66. The zero-order valence-corrected chi connectivity index (χ0v) is 14.6. The maximum atomic E-state index is 5.82. The maximum absolute atomic E-state index is 5.82. The van der Waals surface area contributed by atoms with Crippen LogP contribution in [0.3, 0.4) is 0 Å². The van der Waals surface area contributed by atoms with Crippen molar-refractivity contribution < 1.29 is 4.74 Å². The predicted molar refractivity (Wildman–Crippen MR) is 98.0 cm³/mol. The Morgan fingerprint density at radius 3 is 2.65 bits per heavy atom. The summed E-state index contributed by atoms with van der Waals surface area (Å²) in [4.78, 5) is 0. The quantitative estimate of drug-likeness (QED) is 0.675. The van der Waals surface area contributed by atoms with Gasteiger partial charge in [0.1, 0.15) is 5.75 Å². The van der Waals surface area contributed by atoms with Crippen molar-refractivity contribution in [1.82, 2.24) is 5.32 Å². The standard InChI is InChI=1S/C21H29NO/c1-17(2)12-14-23-21-10-6-8-19(15-21)16-22-13-11-20-9-5-4-7-18(20)3/h4-10,15,17,22H,11-14,16H2,1-3H3. The fourth-order valence-electron chi connectivity index (χ4n) is 2.50. The van der Waals surface area contributed by atoms with Gasteiger partial charge in [0.05, 0.1) is 6.61 Å². The van der Waals surface area contributed by atoms with Crippen LogP contribution < -0.4 is 10.1 Å². The van der Waals surface area contributed by atoms with Crippen LogP contribution in [0.4, 0.5) is 0 Å². The van der Waals surface area contributed by atoms with Gasteiger partial charge in [0.2, 0.25) is 0 Å². The molecule has 0 aliphatic heterocycles. The van der Waals surface area contributed by atoms with E-state index in [0.717, 1.165) is 38.3 Å². The van der Waals surface area contributed by atoms with Crippen LogP contribution in [0.2, 0.25) is 0 Å². The Kier molecular flexibility index (Phi) is 7.15. The number of aryl methyl sites for hydroxylation is 1. The van der Waals surface area contributed by atoms with Gasteiger partial charge in [0.15, 0.2) is 0 Å². The average Bonchev–Trinajstić information content (AvgIpc) is 2.53. The summed E-state index contributed by atoms with van der Waals surface area (Å²) in [6.07, 6.45) is 2.16. The lowest BCUT2D eigenvalue weighted by molar-refractivity contribution is 0.289. The molecule has 0 heterocycles. The van der Waals surface area contributed by atoms with Crippen LogP contribution >= 0.6 is 0 Å². The number of nitrogens with one attached hydrogen (secondary N) is 1. The molecule has 2 aromatic carbocycles. The Hall–Kier alpha value is -1.80. The van der Waals surface area contributed by atoms with Gasteiger partial charge in [-0.1, -0.05) is 50.2 Å². The third kappa shape index (κ3) is 6.45. The number of hydrogen-bond acceptors (Lipinski definition) is 2. The summed E-state index contributed by atoms with van der Waals surface area (Å²) < 4.78 is 5.82. The fourth-order valence-corrected chi connectivity index (χ4v) is 2.50. The molecule has 0 aliphatic carbocycles. The van der Waals surface area contributed by atoms with Gasteiger partial charge in [0, 0.05) is 6.54 Å². The van der Waals surface area contributed by atoms with Crippen LogP contribution in [0.1, 0.15) is 37.0 Å². The third-order valence-electron chi connectivity index (χ3n) is 4.02. The van der Waals surface area contributed by atoms with E-state index in [-0.39, 0.29) is 0 Å². The molecule has 0 amide bonds. The molecular weight excluding hydrogens is 282 g/mol. The monoisotopic (exact) mass is 311 g/mol. The maximum Gasteiger partial charge on any atom is 0.119 e. The molecule has 0 aromatic heterocycles. The third-order valence-corrected chi connectivity index (χ3v) is 4.02. The summed E-state index contributed by atoms with van der Waals surface area (Å²) in [6.45, 7) is 9.28. The first-order chi connectivity index (χ1) is 11.1. The molecule has 23 heavy (non-hydrogen) atoms. The number of rotatable bonds is 9. The SMILES string of the molecule is Cc1ccccc1CCNCc1cccc(OCCC(C)C)c1. The molecular formula is C21H29NO. The van der Waals surface area contributed by atoms with Gasteiger partial charge < -0.3 is 10.1 Å². The van der Waals surface area contributed by atoms with Crippen molar-refractivity contribution in [3.05, 3.63) is 65.2 Å². The van der Waals surface area contributed by atoms with Crippen molar-refractivity contribution in [3.8, 4) is 5.75 Å². The highest BCUT2D eigenvalue weighted by atomic mass is 16.5. The number of benzene rings is 2. The van der Waals surface area contributed by atoms with Gasteiger partial charge in [-0.15, -0.1) is 0 Å². The smallest absolute Gasteiger partial charge is 0.119 e. The van der Waals surface area contributed by atoms with Gasteiger partial charge in [-0.25, -0.2) is 0 Å². The van der Waals surface area contributed by atoms with Crippen LogP contribution in [0.25, 0.3) is 0 Å². The van der Waals surface area contributed by atoms with E-state index in [0.29, 0.717) is 5.92 Å². The van der Waals surface area contributed by atoms with Crippen molar-refractivity contribution in [2.45, 2.75) is 40.2 Å². The molecule has 124 valence electrons. The van der Waals surface area contributed by atoms with E-state index in [4.69, 9.17) is 4.74 Å². The molecule has 0 spiro atoms. The Balaban J connectivity index is 1.74. The van der Waals surface area contributed by atoms with Crippen molar-refractivity contribution >= 4 is 0 Å². The highest BCUT2D eigenvalue weighted by Gasteiger charge is 2.00. The van der Waals surface area contributed by atoms with E-state index in [2.05, 4.69) is 68.6 Å². The molecule has 1 N–H and O–H groups in total. The molecule has 2 rings (SSSR count). The second kappa shape index (κ2) is 9.36. The van der Waals surface area contributed by atoms with E-state index in [1.165, 1.54) is 16.7 Å². The first kappa shape index (κ1) is 17.6. The van der Waals surface area contributed by atoms with Crippen LogP contribution in [0.5, 0.6) is 5.75 Å². The average molecular weight is 311 g/mol. The van der Waals surface area contributed by atoms with E-state index in [9.17, 15) is 0 Å². The van der Waals surface area contributed by atoms with Crippen molar-refractivity contribution in [3.63, 3.8) is 0 Å². The Labute approximate surface area is 140 Å². The van der Waals surface area contributed by atoms with Gasteiger partial charge in [-0.2, -0.15) is 0 Å². The van der Waals surface area contributed by atoms with Crippen molar-refractivity contribution in [2.24, 2.45) is 5.92 Å². The van der Waals surface area contributed by atoms with E-state index < -0.39 is 0 Å². The zero-order chi connectivity index (χ0) is 16.5. The lowest BCUT2D eigenvalue weighted by atomic mass is 10.1. The van der Waals surface area contributed by atoms with Gasteiger partial charge >= 0.3 is 0 Å². The second-order valence-electron chi connectivity index (χ2n) is 6.53. The molecule has 0 radical (unpaired) electrons. The molecule has 0 fully saturated rings. The van der Waals surface area contributed by atoms with Gasteiger partial charge in [0.25, 0.3) is 0 Å². The number of hydrogen-bond donors (Lipinski definition) is 1. The lowest BCUT2D eigenvalue weighted by Gasteiger charge is -2.10. The number of ether oxygens (including phenoxy) is 1. The first-order valence-corrected chi connectivity index (χ1v) is 8.62. The molecule has 2 heteroatoms. The molecule has 2 aromatic rings. The molecule has 2 nitrogen and oxygen atoms in total. The minimum Gasteiger partial charge on any atom is -0.494 e. The van der Waals surface area contributed by atoms with Crippen LogP contribution in [0.15, 0.2) is 48.5 Å². The topological polar surface area (TPSA) is 21.3 Å². The van der Waals surface area contributed by atoms with Crippen molar-refractivity contribution in [1.29, 1.82) is 0 Å². The summed E-state index contributed by atoms with van der Waals surface area (Å²) in [5.41, 5.74) is 4.07. The zero-order valence-electron chi connectivity index (χ0n) is 14.6. The van der Waals surface area contributed by atoms with E-state index in [1.54, 1.807) is 0 Å². The Bertz CT molecular complexity index is 592. The fraction of sp³-hybridized carbons (Fsp3) is 0.429. The summed E-state index contributed by atoms with van der Waals surface area (Å²) >= 11 is 0. The van der Waals surface area contributed by atoms with Gasteiger partial charge in [-0.05, 0) is 61.1 Å². The molecule has 0 saturated heterocycles. The van der Waals surface area contributed by atoms with Crippen LogP contribution in [0, 0.1) is 12.8 Å². The molecule has 0 aliphatic rings. The Morgan fingerprint density at radius 1 is 1.04 bits per heavy atom. The summed E-state index contributed by atoms with van der Waals surface area (Å²) in [5, 5.41) is 3.52. The highest BCUT2D eigenvalue weighted by molar-refractivity contribution is 5.28. The minimum absolute atomic E-state index is 0.682. The van der Waals surface area contributed by atoms with E-state index in [1.807, 2.05) is 6.07 Å². The minimum atomic E-state index is 0.682. The van der Waals surface area contributed by atoms with Gasteiger partial charge in [-0.3, -0.25) is 0 Å². The highest BCUT2D eigenvalue weighted by Crippen LogP contribution is 2.14. The largest absolute Gasteiger partial charge is 0.494 e. The molecule has 0 unspecified atom stereocenters. The Morgan fingerprint density at radius 2 is 1.87 bits per heavy atom. The van der Waals surface area contributed by atoms with E-state index >= 15 is 0 Å². The molecule has 0 bridgehead atoms. The van der Waals surface area contributed by atoms with Crippen LogP contribution in [-0.2, 0) is 13.0 Å². The second-order valence-corrected chi connectivity index (χ2v) is 6.53. The normalized spacial score (nSPS) is 11.0. The first-order valence-electron chi connectivity index (χ1n) is 8.62. The summed E-state index contributed by atoms with van der Waals surface area (Å²) in [6, 6.07) is 17.0. The summed E-state index contributed by atoms with van der Waals surface area (Å²) in [7, 11) is 0. The predicted octanol–water partition coefficient (Wildman–Crippen LogP) is 4.75.